The van der Waals surface area contributed by atoms with Crippen LogP contribution in [0.3, 0.4) is 0 Å². The van der Waals surface area contributed by atoms with Crippen LogP contribution in [0.1, 0.15) is 5.69 Å². The molecule has 0 aliphatic heterocycles. The van der Waals surface area contributed by atoms with Crippen molar-refractivity contribution in [3.05, 3.63) is 54.4 Å². The van der Waals surface area contributed by atoms with Gasteiger partial charge >= 0.3 is 0 Å². The Bertz CT molecular complexity index is 823. The van der Waals surface area contributed by atoms with Crippen LogP contribution in [0.4, 0.5) is 4.39 Å². The Hall–Kier alpha value is -2.53. The third-order valence-electron chi connectivity index (χ3n) is 3.56. The van der Waals surface area contributed by atoms with Crippen LogP contribution in [0.5, 0.6) is 5.75 Å². The Labute approximate surface area is 133 Å². The number of ether oxygens (including phenoxy) is 1. The van der Waals surface area contributed by atoms with Crippen LogP contribution in [0.2, 0.25) is 0 Å². The molecule has 4 nitrogen and oxygen atoms in total. The predicted octanol–water partition coefficient (Wildman–Crippen LogP) is 3.31. The molecule has 0 bridgehead atoms. The smallest absolute Gasteiger partial charge is 0.120 e. The first-order valence-electron chi connectivity index (χ1n) is 7.37. The summed E-state index contributed by atoms with van der Waals surface area (Å²) in [7, 11) is 0. The van der Waals surface area contributed by atoms with E-state index in [9.17, 15) is 9.50 Å². The molecule has 5 heteroatoms. The minimum absolute atomic E-state index is 0.0671. The van der Waals surface area contributed by atoms with E-state index in [-0.39, 0.29) is 6.61 Å². The van der Waals surface area contributed by atoms with Crippen LogP contribution in [0.25, 0.3) is 22.2 Å². The van der Waals surface area contributed by atoms with Gasteiger partial charge in [-0.2, -0.15) is 0 Å². The highest BCUT2D eigenvalue weighted by atomic mass is 19.1. The number of nitrogens with zero attached hydrogens (tertiary/aromatic N) is 2. The molecule has 0 amide bonds. The second-order valence-corrected chi connectivity index (χ2v) is 5.31. The Morgan fingerprint density at radius 2 is 2.09 bits per heavy atom. The van der Waals surface area contributed by atoms with Crippen molar-refractivity contribution in [2.24, 2.45) is 0 Å². The van der Waals surface area contributed by atoms with Crippen molar-refractivity contribution >= 4 is 10.9 Å². The maximum Gasteiger partial charge on any atom is 0.120 e. The fourth-order valence-corrected chi connectivity index (χ4v) is 2.34. The summed E-state index contributed by atoms with van der Waals surface area (Å²) in [5.74, 6) is 0.581. The summed E-state index contributed by atoms with van der Waals surface area (Å²) in [6.07, 6.45) is 0.662. The lowest BCUT2D eigenvalue weighted by atomic mass is 10.1. The number of alkyl halides is 1. The van der Waals surface area contributed by atoms with Crippen molar-refractivity contribution < 1.29 is 14.2 Å². The van der Waals surface area contributed by atoms with Gasteiger partial charge in [0.25, 0.3) is 0 Å². The number of benzene rings is 1. The van der Waals surface area contributed by atoms with E-state index in [2.05, 4.69) is 9.97 Å². The van der Waals surface area contributed by atoms with Gasteiger partial charge in [-0.1, -0.05) is 6.07 Å². The summed E-state index contributed by atoms with van der Waals surface area (Å²) in [5.41, 5.74) is 3.63. The van der Waals surface area contributed by atoms with E-state index in [1.165, 1.54) is 0 Å². The molecule has 0 unspecified atom stereocenters. The molecular formula is C18H17FN2O2. The number of aromatic nitrogens is 2. The zero-order valence-electron chi connectivity index (χ0n) is 12.7. The molecule has 0 aliphatic rings. The monoisotopic (exact) mass is 312 g/mol. The predicted molar refractivity (Wildman–Crippen MR) is 87.2 cm³/mol. The van der Waals surface area contributed by atoms with Gasteiger partial charge in [0.05, 0.1) is 11.2 Å². The first kappa shape index (κ1) is 15.4. The van der Waals surface area contributed by atoms with Crippen molar-refractivity contribution in [3.63, 3.8) is 0 Å². The lowest BCUT2D eigenvalue weighted by molar-refractivity contribution is 0.0842. The molecule has 1 atom stereocenters. The number of halogens is 1. The molecule has 0 radical (unpaired) electrons. The van der Waals surface area contributed by atoms with Gasteiger partial charge in [-0.3, -0.25) is 4.98 Å². The van der Waals surface area contributed by atoms with Crippen LogP contribution in [0.15, 0.2) is 48.7 Å². The van der Waals surface area contributed by atoms with Crippen molar-refractivity contribution in [3.8, 4) is 17.0 Å². The summed E-state index contributed by atoms with van der Waals surface area (Å²) < 4.78 is 17.6. The van der Waals surface area contributed by atoms with Gasteiger partial charge in [0.2, 0.25) is 0 Å². The maximum absolute atomic E-state index is 12.2. The summed E-state index contributed by atoms with van der Waals surface area (Å²) >= 11 is 0. The second-order valence-electron chi connectivity index (χ2n) is 5.31. The van der Waals surface area contributed by atoms with Gasteiger partial charge in [-0.15, -0.1) is 0 Å². The first-order valence-corrected chi connectivity index (χ1v) is 7.37. The molecule has 1 aromatic carbocycles. The Balaban J connectivity index is 1.89. The third-order valence-corrected chi connectivity index (χ3v) is 3.56. The minimum atomic E-state index is -1.10. The average molecular weight is 312 g/mol. The normalized spacial score (nSPS) is 12.3. The number of fused-ring (bicyclic) bond motifs is 1. The van der Waals surface area contributed by atoms with Crippen LogP contribution in [-0.4, -0.2) is 34.5 Å². The van der Waals surface area contributed by atoms with E-state index in [0.29, 0.717) is 5.75 Å². The standard InChI is InChI=1S/C18H17FN2O2/c1-12-16(3-2-8-20-12)18-6-4-13-9-15(5-7-17(13)21-18)23-11-14(22)10-19/h2-9,14,22H,10-11H2,1H3/t14-/m1/s1. The summed E-state index contributed by atoms with van der Waals surface area (Å²) in [6.45, 7) is 1.07. The number of rotatable bonds is 5. The second kappa shape index (κ2) is 6.71. The molecule has 2 aromatic heterocycles. The Morgan fingerprint density at radius 1 is 1.22 bits per heavy atom. The van der Waals surface area contributed by atoms with Crippen LogP contribution in [0, 0.1) is 6.92 Å². The molecule has 1 N–H and O–H groups in total. The average Bonchev–Trinajstić information content (AvgIpc) is 2.59. The molecule has 0 saturated heterocycles. The lowest BCUT2D eigenvalue weighted by Gasteiger charge is -2.10. The summed E-state index contributed by atoms with van der Waals surface area (Å²) in [4.78, 5) is 8.94. The van der Waals surface area contributed by atoms with E-state index in [1.54, 1.807) is 12.3 Å². The summed E-state index contributed by atoms with van der Waals surface area (Å²) in [5, 5.41) is 10.1. The molecule has 118 valence electrons. The minimum Gasteiger partial charge on any atom is -0.491 e. The van der Waals surface area contributed by atoms with Crippen molar-refractivity contribution in [2.45, 2.75) is 13.0 Å². The van der Waals surface area contributed by atoms with Crippen molar-refractivity contribution in [1.29, 1.82) is 0 Å². The van der Waals surface area contributed by atoms with Gasteiger partial charge in [-0.25, -0.2) is 9.37 Å². The maximum atomic E-state index is 12.2. The molecule has 3 rings (SSSR count). The van der Waals surface area contributed by atoms with Gasteiger partial charge in [0.15, 0.2) is 0 Å². The van der Waals surface area contributed by atoms with Gasteiger partial charge in [-0.05, 0) is 43.3 Å². The fourth-order valence-electron chi connectivity index (χ4n) is 2.34. The highest BCUT2D eigenvalue weighted by Gasteiger charge is 2.07. The van der Waals surface area contributed by atoms with Gasteiger partial charge in [0.1, 0.15) is 25.1 Å². The number of pyridine rings is 2. The Morgan fingerprint density at radius 3 is 2.87 bits per heavy atom. The zero-order chi connectivity index (χ0) is 16.2. The van der Waals surface area contributed by atoms with Crippen LogP contribution < -0.4 is 4.74 Å². The molecule has 0 spiro atoms. The SMILES string of the molecule is Cc1ncccc1-c1ccc2cc(OC[C@H](O)CF)ccc2n1. The number of hydrogen-bond acceptors (Lipinski definition) is 4. The van der Waals surface area contributed by atoms with E-state index in [4.69, 9.17) is 4.74 Å². The molecule has 2 heterocycles. The van der Waals surface area contributed by atoms with E-state index in [0.717, 1.165) is 27.9 Å². The zero-order valence-corrected chi connectivity index (χ0v) is 12.7. The fraction of sp³-hybridized carbons (Fsp3) is 0.222. The summed E-state index contributed by atoms with van der Waals surface area (Å²) in [6, 6.07) is 13.2. The topological polar surface area (TPSA) is 55.2 Å². The highest BCUT2D eigenvalue weighted by molar-refractivity contribution is 5.83. The molecule has 23 heavy (non-hydrogen) atoms. The number of aliphatic hydroxyl groups is 1. The van der Waals surface area contributed by atoms with E-state index in [1.807, 2.05) is 43.3 Å². The number of aryl methyl sites for hydroxylation is 1. The van der Waals surface area contributed by atoms with Gasteiger partial charge < -0.3 is 9.84 Å². The first-order chi connectivity index (χ1) is 11.2. The van der Waals surface area contributed by atoms with Gasteiger partial charge in [0, 0.05) is 22.8 Å². The Kier molecular flexibility index (Phi) is 4.48. The third kappa shape index (κ3) is 3.46. The van der Waals surface area contributed by atoms with E-state index >= 15 is 0 Å². The van der Waals surface area contributed by atoms with Crippen LogP contribution >= 0.6 is 0 Å². The molecule has 0 fully saturated rings. The molecule has 0 aliphatic carbocycles. The lowest BCUT2D eigenvalue weighted by Crippen LogP contribution is -2.19. The quantitative estimate of drug-likeness (QED) is 0.785. The molecule has 3 aromatic rings. The molecule has 0 saturated carbocycles. The van der Waals surface area contributed by atoms with Crippen molar-refractivity contribution in [2.75, 3.05) is 13.3 Å². The van der Waals surface area contributed by atoms with Crippen molar-refractivity contribution in [1.82, 2.24) is 9.97 Å². The number of aliphatic hydroxyl groups excluding tert-OH is 1. The largest absolute Gasteiger partial charge is 0.491 e. The highest BCUT2D eigenvalue weighted by Crippen LogP contribution is 2.25. The molecular weight excluding hydrogens is 295 g/mol. The van der Waals surface area contributed by atoms with Crippen LogP contribution in [-0.2, 0) is 0 Å². The van der Waals surface area contributed by atoms with E-state index < -0.39 is 12.8 Å². The number of hydrogen-bond donors (Lipinski definition) is 1.